The van der Waals surface area contributed by atoms with E-state index in [1.165, 1.54) is 5.56 Å². The summed E-state index contributed by atoms with van der Waals surface area (Å²) in [5.74, 6) is 0.817. The summed E-state index contributed by atoms with van der Waals surface area (Å²) < 4.78 is 0. The fourth-order valence-electron chi connectivity index (χ4n) is 4.64. The fourth-order valence-corrected chi connectivity index (χ4v) is 4.64. The Bertz CT molecular complexity index is 613. The maximum absolute atomic E-state index is 12.7. The third kappa shape index (κ3) is 2.76. The van der Waals surface area contributed by atoms with Crippen molar-refractivity contribution in [1.82, 2.24) is 9.80 Å². The first kappa shape index (κ1) is 16.1. The summed E-state index contributed by atoms with van der Waals surface area (Å²) >= 11 is 0. The number of hydrogen-bond acceptors (Lipinski definition) is 3. The molecule has 4 nitrogen and oxygen atoms in total. The van der Waals surface area contributed by atoms with E-state index in [1.54, 1.807) is 0 Å². The molecule has 2 atom stereocenters. The summed E-state index contributed by atoms with van der Waals surface area (Å²) in [5, 5.41) is 10.2. The van der Waals surface area contributed by atoms with E-state index in [1.807, 2.05) is 11.0 Å². The first-order chi connectivity index (χ1) is 11.5. The van der Waals surface area contributed by atoms with Crippen molar-refractivity contribution in [2.45, 2.75) is 32.7 Å². The number of benzene rings is 1. The van der Waals surface area contributed by atoms with Crippen molar-refractivity contribution >= 4 is 5.91 Å². The van der Waals surface area contributed by atoms with Crippen LogP contribution in [0.4, 0.5) is 0 Å². The first-order valence-corrected chi connectivity index (χ1v) is 9.21. The number of rotatable bonds is 4. The number of likely N-dealkylation sites (tertiary alicyclic amines) is 2. The van der Waals surface area contributed by atoms with Crippen molar-refractivity contribution in [3.63, 3.8) is 0 Å². The number of hydrogen-bond donors (Lipinski definition) is 1. The molecule has 0 bridgehead atoms. The molecule has 2 aliphatic heterocycles. The molecule has 130 valence electrons. The van der Waals surface area contributed by atoms with Gasteiger partial charge in [-0.3, -0.25) is 9.69 Å². The molecule has 3 aliphatic rings. The van der Waals surface area contributed by atoms with E-state index >= 15 is 0 Å². The van der Waals surface area contributed by atoms with Gasteiger partial charge < -0.3 is 10.0 Å². The molecular weight excluding hydrogens is 300 g/mol. The summed E-state index contributed by atoms with van der Waals surface area (Å²) in [5.41, 5.74) is 1.09. The number of amides is 1. The van der Waals surface area contributed by atoms with Gasteiger partial charge in [0, 0.05) is 43.6 Å². The van der Waals surface area contributed by atoms with Crippen LogP contribution in [0.25, 0.3) is 0 Å². The average molecular weight is 328 g/mol. The molecule has 4 rings (SSSR count). The Morgan fingerprint density at radius 3 is 2.67 bits per heavy atom. The van der Waals surface area contributed by atoms with Gasteiger partial charge in [-0.05, 0) is 30.7 Å². The second kappa shape index (κ2) is 5.85. The van der Waals surface area contributed by atoms with E-state index in [-0.39, 0.29) is 17.4 Å². The topological polar surface area (TPSA) is 43.8 Å². The van der Waals surface area contributed by atoms with Crippen molar-refractivity contribution in [2.24, 2.45) is 16.7 Å². The van der Waals surface area contributed by atoms with Crippen molar-refractivity contribution in [3.05, 3.63) is 35.9 Å². The molecule has 1 amide bonds. The molecule has 1 aromatic carbocycles. The lowest BCUT2D eigenvalue weighted by atomic mass is 9.73. The Kier molecular flexibility index (Phi) is 3.92. The van der Waals surface area contributed by atoms with Crippen molar-refractivity contribution in [2.75, 3.05) is 32.8 Å². The highest BCUT2D eigenvalue weighted by Crippen LogP contribution is 2.49. The minimum atomic E-state index is -0.131. The van der Waals surface area contributed by atoms with Crippen LogP contribution in [-0.2, 0) is 11.3 Å². The molecule has 0 spiro atoms. The predicted octanol–water partition coefficient (Wildman–Crippen LogP) is 2.13. The molecular formula is C20H28N2O2. The highest BCUT2D eigenvalue weighted by Gasteiger charge is 2.53. The number of fused-ring (bicyclic) bond motifs is 1. The first-order valence-electron chi connectivity index (χ1n) is 9.21. The van der Waals surface area contributed by atoms with Crippen LogP contribution in [0.15, 0.2) is 30.3 Å². The normalized spacial score (nSPS) is 31.8. The molecule has 0 unspecified atom stereocenters. The van der Waals surface area contributed by atoms with E-state index < -0.39 is 0 Å². The largest absolute Gasteiger partial charge is 0.396 e. The zero-order valence-corrected chi connectivity index (χ0v) is 14.6. The Morgan fingerprint density at radius 1 is 1.25 bits per heavy atom. The predicted molar refractivity (Wildman–Crippen MR) is 93.3 cm³/mol. The van der Waals surface area contributed by atoms with Crippen LogP contribution in [0.5, 0.6) is 0 Å². The monoisotopic (exact) mass is 328 g/mol. The van der Waals surface area contributed by atoms with Gasteiger partial charge in [-0.2, -0.15) is 0 Å². The molecule has 3 fully saturated rings. The lowest BCUT2D eigenvalue weighted by Gasteiger charge is -2.44. The maximum Gasteiger partial charge on any atom is 0.228 e. The van der Waals surface area contributed by atoms with E-state index in [4.69, 9.17) is 0 Å². The van der Waals surface area contributed by atoms with Gasteiger partial charge in [-0.15, -0.1) is 0 Å². The average Bonchev–Trinajstić information content (AvgIpc) is 3.25. The van der Waals surface area contributed by atoms with Gasteiger partial charge in [-0.25, -0.2) is 0 Å². The Balaban J connectivity index is 1.46. The van der Waals surface area contributed by atoms with Crippen LogP contribution in [0, 0.1) is 16.7 Å². The second-order valence-electron chi connectivity index (χ2n) is 8.45. The van der Waals surface area contributed by atoms with Gasteiger partial charge in [0.1, 0.15) is 0 Å². The Labute approximate surface area is 144 Å². The quantitative estimate of drug-likeness (QED) is 0.921. The number of carbonyl (C=O) groups is 1. The summed E-state index contributed by atoms with van der Waals surface area (Å²) in [4.78, 5) is 17.2. The highest BCUT2D eigenvalue weighted by molar-refractivity contribution is 5.85. The third-order valence-corrected chi connectivity index (χ3v) is 6.50. The van der Waals surface area contributed by atoms with Gasteiger partial charge in [0.05, 0.1) is 6.61 Å². The van der Waals surface area contributed by atoms with Crippen molar-refractivity contribution in [1.29, 1.82) is 0 Å². The molecule has 1 N–H and O–H groups in total. The maximum atomic E-state index is 12.7. The van der Waals surface area contributed by atoms with Crippen LogP contribution >= 0.6 is 0 Å². The lowest BCUT2D eigenvalue weighted by molar-refractivity contribution is -0.141. The molecule has 0 radical (unpaired) electrons. The second-order valence-corrected chi connectivity index (χ2v) is 8.45. The van der Waals surface area contributed by atoms with Gasteiger partial charge in [-0.1, -0.05) is 37.3 Å². The van der Waals surface area contributed by atoms with E-state index in [2.05, 4.69) is 36.1 Å². The number of aliphatic hydroxyl groups excluding tert-OH is 1. The van der Waals surface area contributed by atoms with Gasteiger partial charge >= 0.3 is 0 Å². The minimum Gasteiger partial charge on any atom is -0.396 e. The molecule has 1 aromatic rings. The van der Waals surface area contributed by atoms with Crippen LogP contribution < -0.4 is 0 Å². The molecule has 1 saturated carbocycles. The number of carbonyl (C=O) groups excluding carboxylic acids is 1. The molecule has 2 heterocycles. The number of piperidine rings is 1. The van der Waals surface area contributed by atoms with Crippen LogP contribution in [0.1, 0.15) is 31.7 Å². The molecule has 24 heavy (non-hydrogen) atoms. The summed E-state index contributed by atoms with van der Waals surface area (Å²) in [6, 6.07) is 10.5. The smallest absolute Gasteiger partial charge is 0.228 e. The van der Waals surface area contributed by atoms with Crippen molar-refractivity contribution < 1.29 is 9.90 Å². The van der Waals surface area contributed by atoms with Crippen LogP contribution in [0.2, 0.25) is 0 Å². The van der Waals surface area contributed by atoms with Crippen molar-refractivity contribution in [3.8, 4) is 0 Å². The summed E-state index contributed by atoms with van der Waals surface area (Å²) in [6.45, 7) is 6.73. The Morgan fingerprint density at radius 2 is 2.00 bits per heavy atom. The van der Waals surface area contributed by atoms with Crippen LogP contribution in [-0.4, -0.2) is 53.6 Å². The zero-order chi connectivity index (χ0) is 16.8. The van der Waals surface area contributed by atoms with Gasteiger partial charge in [0.25, 0.3) is 0 Å². The fraction of sp³-hybridized carbons (Fsp3) is 0.650. The van der Waals surface area contributed by atoms with E-state index in [0.717, 1.165) is 52.0 Å². The molecule has 4 heteroatoms. The Hall–Kier alpha value is -1.39. The summed E-state index contributed by atoms with van der Waals surface area (Å²) in [7, 11) is 0. The summed E-state index contributed by atoms with van der Waals surface area (Å²) in [6.07, 6.45) is 3.07. The molecule has 2 saturated heterocycles. The SMILES string of the molecule is CC1(C(=O)N2CC[C@H]3CN(Cc4ccccc4)C[C@@]3(CO)C2)CC1. The third-order valence-electron chi connectivity index (χ3n) is 6.50. The highest BCUT2D eigenvalue weighted by atomic mass is 16.3. The van der Waals surface area contributed by atoms with Gasteiger partial charge in [0.15, 0.2) is 0 Å². The number of nitrogens with zero attached hydrogens (tertiary/aromatic N) is 2. The number of aliphatic hydroxyl groups is 1. The van der Waals surface area contributed by atoms with Crippen LogP contribution in [0.3, 0.4) is 0 Å². The lowest BCUT2D eigenvalue weighted by Crippen LogP contribution is -2.53. The molecule has 0 aromatic heterocycles. The van der Waals surface area contributed by atoms with Gasteiger partial charge in [0.2, 0.25) is 5.91 Å². The zero-order valence-electron chi connectivity index (χ0n) is 14.6. The standard InChI is InChI=1S/C20H28N2O2/c1-19(8-9-19)18(24)22-10-7-17-12-21(13-20(17,14-22)15-23)11-16-5-3-2-4-6-16/h2-6,17,23H,7-15H2,1H3/t17-,20-/m0/s1. The minimum absolute atomic E-state index is 0.105. The molecule has 1 aliphatic carbocycles. The van der Waals surface area contributed by atoms with E-state index in [9.17, 15) is 9.90 Å². The van der Waals surface area contributed by atoms with E-state index in [0.29, 0.717) is 11.8 Å².